The molecule has 198 valence electrons. The van der Waals surface area contributed by atoms with Crippen LogP contribution in [0.5, 0.6) is 0 Å². The van der Waals surface area contributed by atoms with E-state index in [-0.39, 0.29) is 34.9 Å². The van der Waals surface area contributed by atoms with E-state index in [0.29, 0.717) is 29.3 Å². The summed E-state index contributed by atoms with van der Waals surface area (Å²) in [6.45, 7) is 9.17. The number of nitrogens with one attached hydrogen (secondary N) is 2. The van der Waals surface area contributed by atoms with Gasteiger partial charge in [-0.1, -0.05) is 36.4 Å². The molecule has 4 N–H and O–H groups in total. The fourth-order valence-electron chi connectivity index (χ4n) is 5.40. The number of aromatic nitrogens is 2. The SMILES string of the molecule is CC(C)(C)N1CC[C@H](CNC(=O)c2nc(-c3cccc(C(=O)N[C@H]4CCc5ccccc54)c3)cnc2N)C1. The van der Waals surface area contributed by atoms with E-state index in [4.69, 9.17) is 5.73 Å². The minimum atomic E-state index is -0.333. The van der Waals surface area contributed by atoms with Crippen LogP contribution in [0.2, 0.25) is 0 Å². The van der Waals surface area contributed by atoms with E-state index in [1.54, 1.807) is 12.1 Å². The van der Waals surface area contributed by atoms with Gasteiger partial charge in [0.2, 0.25) is 0 Å². The fraction of sp³-hybridized carbons (Fsp3) is 0.400. The summed E-state index contributed by atoms with van der Waals surface area (Å²) >= 11 is 0. The molecular weight excluding hydrogens is 476 g/mol. The number of nitrogen functional groups attached to an aromatic ring is 1. The zero-order valence-corrected chi connectivity index (χ0v) is 22.3. The molecule has 2 aromatic carbocycles. The molecule has 1 saturated heterocycles. The summed E-state index contributed by atoms with van der Waals surface area (Å²) < 4.78 is 0. The number of carbonyl (C=O) groups is 2. The Labute approximate surface area is 224 Å². The van der Waals surface area contributed by atoms with Gasteiger partial charge >= 0.3 is 0 Å². The summed E-state index contributed by atoms with van der Waals surface area (Å²) in [5.41, 5.74) is 10.4. The molecule has 2 heterocycles. The summed E-state index contributed by atoms with van der Waals surface area (Å²) in [6, 6.07) is 15.4. The van der Waals surface area contributed by atoms with Crippen molar-refractivity contribution in [2.24, 2.45) is 5.92 Å². The van der Waals surface area contributed by atoms with E-state index < -0.39 is 0 Å². The zero-order chi connectivity index (χ0) is 26.9. The summed E-state index contributed by atoms with van der Waals surface area (Å²) in [5.74, 6) is -0.00371. The van der Waals surface area contributed by atoms with Gasteiger partial charge in [-0.05, 0) is 75.8 Å². The molecule has 0 spiro atoms. The van der Waals surface area contributed by atoms with Crippen LogP contribution in [0.4, 0.5) is 5.82 Å². The van der Waals surface area contributed by atoms with E-state index in [2.05, 4.69) is 58.4 Å². The van der Waals surface area contributed by atoms with Gasteiger partial charge in [0.15, 0.2) is 11.5 Å². The third-order valence-corrected chi connectivity index (χ3v) is 7.66. The molecule has 2 atom stereocenters. The number of hydrogen-bond acceptors (Lipinski definition) is 6. The number of likely N-dealkylation sites (tertiary alicyclic amines) is 1. The molecule has 5 rings (SSSR count). The van der Waals surface area contributed by atoms with E-state index in [0.717, 1.165) is 32.4 Å². The Kier molecular flexibility index (Phi) is 7.17. The highest BCUT2D eigenvalue weighted by atomic mass is 16.2. The average molecular weight is 513 g/mol. The number of hydrogen-bond donors (Lipinski definition) is 3. The van der Waals surface area contributed by atoms with Crippen molar-refractivity contribution in [3.05, 3.63) is 77.1 Å². The molecule has 2 aliphatic rings. The van der Waals surface area contributed by atoms with E-state index >= 15 is 0 Å². The predicted molar refractivity (Wildman–Crippen MR) is 149 cm³/mol. The van der Waals surface area contributed by atoms with Crippen molar-refractivity contribution in [3.8, 4) is 11.3 Å². The number of nitrogens with zero attached hydrogens (tertiary/aromatic N) is 3. The average Bonchev–Trinajstić information content (AvgIpc) is 3.55. The highest BCUT2D eigenvalue weighted by molar-refractivity contribution is 5.97. The lowest BCUT2D eigenvalue weighted by Gasteiger charge is -2.31. The number of carbonyl (C=O) groups excluding carboxylic acids is 2. The topological polar surface area (TPSA) is 113 Å². The van der Waals surface area contributed by atoms with Crippen LogP contribution in [0.15, 0.2) is 54.7 Å². The van der Waals surface area contributed by atoms with Crippen LogP contribution in [-0.2, 0) is 6.42 Å². The number of nitrogens with two attached hydrogens (primary N) is 1. The van der Waals surface area contributed by atoms with Crippen LogP contribution >= 0.6 is 0 Å². The number of aryl methyl sites for hydroxylation is 1. The van der Waals surface area contributed by atoms with Crippen LogP contribution in [0, 0.1) is 5.92 Å². The molecule has 3 aromatic rings. The Morgan fingerprint density at radius 2 is 1.89 bits per heavy atom. The molecule has 0 bridgehead atoms. The third-order valence-electron chi connectivity index (χ3n) is 7.66. The Morgan fingerprint density at radius 1 is 1.08 bits per heavy atom. The van der Waals surface area contributed by atoms with E-state index in [9.17, 15) is 9.59 Å². The van der Waals surface area contributed by atoms with Gasteiger partial charge in [-0.15, -0.1) is 0 Å². The normalized spacial score (nSPS) is 19.2. The maximum absolute atomic E-state index is 13.1. The lowest BCUT2D eigenvalue weighted by molar-refractivity contribution is 0.0930. The highest BCUT2D eigenvalue weighted by Crippen LogP contribution is 2.31. The fourth-order valence-corrected chi connectivity index (χ4v) is 5.40. The van der Waals surface area contributed by atoms with Crippen molar-refractivity contribution in [1.29, 1.82) is 0 Å². The second-order valence-electron chi connectivity index (χ2n) is 11.3. The second kappa shape index (κ2) is 10.5. The standard InChI is InChI=1S/C30H36N6O2/c1-30(2,3)36-14-13-19(18-36)16-33-29(38)26-27(31)32-17-25(34-26)21-8-6-9-22(15-21)28(37)35-24-12-11-20-7-4-5-10-23(20)24/h4-10,15,17,19,24H,11-14,16,18H2,1-3H3,(H2,31,32)(H,33,38)(H,35,37)/t19-,24+/m1/s1. The first kappa shape index (κ1) is 25.9. The number of fused-ring (bicyclic) bond motifs is 1. The number of amides is 2. The van der Waals surface area contributed by atoms with Gasteiger partial charge in [0.05, 0.1) is 17.9 Å². The monoisotopic (exact) mass is 512 g/mol. The maximum atomic E-state index is 13.1. The van der Waals surface area contributed by atoms with Gasteiger partial charge in [-0.2, -0.15) is 0 Å². The molecule has 8 heteroatoms. The van der Waals surface area contributed by atoms with Crippen molar-refractivity contribution < 1.29 is 9.59 Å². The first-order chi connectivity index (χ1) is 18.2. The molecule has 38 heavy (non-hydrogen) atoms. The first-order valence-electron chi connectivity index (χ1n) is 13.3. The molecule has 0 saturated carbocycles. The predicted octanol–water partition coefficient (Wildman–Crippen LogP) is 3.99. The Hall–Kier alpha value is -3.78. The van der Waals surface area contributed by atoms with Crippen molar-refractivity contribution in [1.82, 2.24) is 25.5 Å². The van der Waals surface area contributed by atoms with Crippen molar-refractivity contribution in [2.75, 3.05) is 25.4 Å². The van der Waals surface area contributed by atoms with Gasteiger partial charge in [0.1, 0.15) is 0 Å². The minimum Gasteiger partial charge on any atom is -0.382 e. The Morgan fingerprint density at radius 3 is 2.68 bits per heavy atom. The third kappa shape index (κ3) is 5.55. The first-order valence-corrected chi connectivity index (χ1v) is 13.3. The van der Waals surface area contributed by atoms with Gasteiger partial charge in [-0.25, -0.2) is 9.97 Å². The maximum Gasteiger partial charge on any atom is 0.273 e. The lowest BCUT2D eigenvalue weighted by Crippen LogP contribution is -2.40. The highest BCUT2D eigenvalue weighted by Gasteiger charge is 2.30. The molecule has 8 nitrogen and oxygen atoms in total. The quantitative estimate of drug-likeness (QED) is 0.460. The van der Waals surface area contributed by atoms with Crippen LogP contribution in [0.1, 0.15) is 71.6 Å². The molecule has 2 amide bonds. The van der Waals surface area contributed by atoms with Gasteiger partial charge in [-0.3, -0.25) is 14.5 Å². The molecule has 1 aliphatic heterocycles. The molecule has 1 aromatic heterocycles. The summed E-state index contributed by atoms with van der Waals surface area (Å²) in [4.78, 5) is 37.3. The van der Waals surface area contributed by atoms with Crippen LogP contribution < -0.4 is 16.4 Å². The molecule has 0 unspecified atom stereocenters. The zero-order valence-electron chi connectivity index (χ0n) is 22.3. The molecule has 0 radical (unpaired) electrons. The Balaban J connectivity index is 1.26. The van der Waals surface area contributed by atoms with Crippen molar-refractivity contribution in [3.63, 3.8) is 0 Å². The lowest BCUT2D eigenvalue weighted by atomic mass is 10.1. The van der Waals surface area contributed by atoms with Crippen molar-refractivity contribution in [2.45, 2.75) is 51.6 Å². The molecular formula is C30H36N6O2. The largest absolute Gasteiger partial charge is 0.382 e. The molecule has 1 fully saturated rings. The summed E-state index contributed by atoms with van der Waals surface area (Å²) in [6.07, 6.45) is 4.43. The molecule has 1 aliphatic carbocycles. The van der Waals surface area contributed by atoms with Crippen LogP contribution in [0.25, 0.3) is 11.3 Å². The summed E-state index contributed by atoms with van der Waals surface area (Å²) in [7, 11) is 0. The van der Waals surface area contributed by atoms with Gasteiger partial charge < -0.3 is 16.4 Å². The Bertz CT molecular complexity index is 1350. The smallest absolute Gasteiger partial charge is 0.273 e. The number of rotatable bonds is 6. The number of benzene rings is 2. The summed E-state index contributed by atoms with van der Waals surface area (Å²) in [5, 5.41) is 6.16. The second-order valence-corrected chi connectivity index (χ2v) is 11.3. The van der Waals surface area contributed by atoms with Gasteiger partial charge in [0.25, 0.3) is 11.8 Å². The van der Waals surface area contributed by atoms with Gasteiger partial charge in [0, 0.05) is 29.8 Å². The minimum absolute atomic E-state index is 0.00400. The van der Waals surface area contributed by atoms with Crippen LogP contribution in [0.3, 0.4) is 0 Å². The van der Waals surface area contributed by atoms with Crippen molar-refractivity contribution >= 4 is 17.6 Å². The van der Waals surface area contributed by atoms with E-state index in [1.165, 1.54) is 17.3 Å². The van der Waals surface area contributed by atoms with Crippen LogP contribution in [-0.4, -0.2) is 51.9 Å². The number of anilines is 1. The van der Waals surface area contributed by atoms with E-state index in [1.807, 2.05) is 24.3 Å².